The fraction of sp³-hybridized carbons (Fsp3) is 0.231. The van der Waals surface area contributed by atoms with Crippen molar-refractivity contribution in [2.24, 2.45) is 0 Å². The standard InChI is InChI=1S/C26H26Cl3N3O4S/c1-30-26(34)24(14-18-8-4-3-5-9-18)31(16-19-10-6-7-11-21(19)27)25(33)17-32(37(2,35)36)20-12-13-22(28)23(29)15-20/h3-13,15,24H,14,16-17H2,1-2H3,(H,30,34)/t24-/m1/s1. The first-order chi connectivity index (χ1) is 17.5. The van der Waals surface area contributed by atoms with Crippen LogP contribution in [-0.4, -0.2) is 51.0 Å². The van der Waals surface area contributed by atoms with Gasteiger partial charge in [0, 0.05) is 25.0 Å². The smallest absolute Gasteiger partial charge is 0.244 e. The van der Waals surface area contributed by atoms with E-state index in [1.807, 2.05) is 30.3 Å². The molecule has 1 atom stereocenters. The number of hydrogen-bond acceptors (Lipinski definition) is 4. The molecule has 196 valence electrons. The number of amides is 2. The molecular weight excluding hydrogens is 557 g/mol. The Morgan fingerprint density at radius 3 is 2.14 bits per heavy atom. The molecule has 3 aromatic rings. The van der Waals surface area contributed by atoms with E-state index < -0.39 is 34.4 Å². The third-order valence-electron chi connectivity index (χ3n) is 5.69. The molecule has 0 saturated carbocycles. The molecule has 0 unspecified atom stereocenters. The van der Waals surface area contributed by atoms with Gasteiger partial charge in [-0.15, -0.1) is 0 Å². The predicted molar refractivity (Wildman–Crippen MR) is 149 cm³/mol. The Bertz CT molecular complexity index is 1370. The summed E-state index contributed by atoms with van der Waals surface area (Å²) in [6, 6.07) is 19.5. The van der Waals surface area contributed by atoms with Gasteiger partial charge in [0.25, 0.3) is 0 Å². The minimum atomic E-state index is -3.91. The zero-order valence-electron chi connectivity index (χ0n) is 20.2. The summed E-state index contributed by atoms with van der Waals surface area (Å²) in [6.07, 6.45) is 1.20. The highest BCUT2D eigenvalue weighted by Gasteiger charge is 2.33. The summed E-state index contributed by atoms with van der Waals surface area (Å²) in [6.45, 7) is -0.577. The van der Waals surface area contributed by atoms with Gasteiger partial charge in [0.2, 0.25) is 21.8 Å². The van der Waals surface area contributed by atoms with Crippen molar-refractivity contribution in [3.8, 4) is 0 Å². The van der Waals surface area contributed by atoms with Crippen LogP contribution in [0, 0.1) is 0 Å². The van der Waals surface area contributed by atoms with Gasteiger partial charge >= 0.3 is 0 Å². The number of halogens is 3. The number of carbonyl (C=O) groups excluding carboxylic acids is 2. The van der Waals surface area contributed by atoms with Crippen LogP contribution < -0.4 is 9.62 Å². The van der Waals surface area contributed by atoms with E-state index in [-0.39, 0.29) is 28.7 Å². The molecule has 0 radical (unpaired) electrons. The van der Waals surface area contributed by atoms with Crippen molar-refractivity contribution in [2.45, 2.75) is 19.0 Å². The molecule has 1 N–H and O–H groups in total. The molecule has 3 aromatic carbocycles. The van der Waals surface area contributed by atoms with Crippen LogP contribution in [0.1, 0.15) is 11.1 Å². The lowest BCUT2D eigenvalue weighted by atomic mass is 10.0. The molecule has 3 rings (SSSR count). The van der Waals surface area contributed by atoms with Gasteiger partial charge < -0.3 is 10.2 Å². The van der Waals surface area contributed by atoms with Gasteiger partial charge in [-0.05, 0) is 35.4 Å². The van der Waals surface area contributed by atoms with Crippen molar-refractivity contribution in [1.29, 1.82) is 0 Å². The minimum absolute atomic E-state index is 0.0115. The molecule has 7 nitrogen and oxygen atoms in total. The lowest BCUT2D eigenvalue weighted by molar-refractivity contribution is -0.139. The lowest BCUT2D eigenvalue weighted by Gasteiger charge is -2.33. The number of likely N-dealkylation sites (N-methyl/N-ethyl adjacent to an activating group) is 1. The van der Waals surface area contributed by atoms with Crippen LogP contribution in [0.25, 0.3) is 0 Å². The number of sulfonamides is 1. The van der Waals surface area contributed by atoms with Crippen LogP contribution in [0.4, 0.5) is 5.69 Å². The van der Waals surface area contributed by atoms with Crippen LogP contribution in [0.2, 0.25) is 15.1 Å². The fourth-order valence-corrected chi connectivity index (χ4v) is 5.11. The van der Waals surface area contributed by atoms with Crippen molar-refractivity contribution < 1.29 is 18.0 Å². The van der Waals surface area contributed by atoms with Crippen LogP contribution in [0.5, 0.6) is 0 Å². The molecular formula is C26H26Cl3N3O4S. The molecule has 0 aliphatic heterocycles. The van der Waals surface area contributed by atoms with Crippen molar-refractivity contribution in [1.82, 2.24) is 10.2 Å². The van der Waals surface area contributed by atoms with E-state index in [1.165, 1.54) is 30.1 Å². The van der Waals surface area contributed by atoms with Gasteiger partial charge in [-0.1, -0.05) is 83.3 Å². The summed E-state index contributed by atoms with van der Waals surface area (Å²) in [5, 5.41) is 3.42. The second-order valence-corrected chi connectivity index (χ2v) is 11.4. The molecule has 37 heavy (non-hydrogen) atoms. The first-order valence-electron chi connectivity index (χ1n) is 11.2. The highest BCUT2D eigenvalue weighted by Crippen LogP contribution is 2.29. The number of hydrogen-bond donors (Lipinski definition) is 1. The van der Waals surface area contributed by atoms with Crippen molar-refractivity contribution in [3.05, 3.63) is 99.0 Å². The fourth-order valence-electron chi connectivity index (χ4n) is 3.78. The average Bonchev–Trinajstić information content (AvgIpc) is 2.86. The lowest BCUT2D eigenvalue weighted by Crippen LogP contribution is -2.52. The quantitative estimate of drug-likeness (QED) is 0.372. The topological polar surface area (TPSA) is 86.8 Å². The number of anilines is 1. The van der Waals surface area contributed by atoms with Gasteiger partial charge in [0.15, 0.2) is 0 Å². The number of nitrogens with zero attached hydrogens (tertiary/aromatic N) is 2. The summed E-state index contributed by atoms with van der Waals surface area (Å²) in [7, 11) is -2.43. The van der Waals surface area contributed by atoms with Crippen LogP contribution in [0.15, 0.2) is 72.8 Å². The molecule has 0 aliphatic rings. The van der Waals surface area contributed by atoms with E-state index >= 15 is 0 Å². The summed E-state index contributed by atoms with van der Waals surface area (Å²) < 4.78 is 26.4. The van der Waals surface area contributed by atoms with Crippen molar-refractivity contribution >= 4 is 62.3 Å². The first-order valence-corrected chi connectivity index (χ1v) is 14.2. The summed E-state index contributed by atoms with van der Waals surface area (Å²) in [5.41, 5.74) is 1.61. The van der Waals surface area contributed by atoms with Gasteiger partial charge in [-0.2, -0.15) is 0 Å². The highest BCUT2D eigenvalue weighted by molar-refractivity contribution is 7.92. The monoisotopic (exact) mass is 581 g/mol. The van der Waals surface area contributed by atoms with Crippen molar-refractivity contribution in [2.75, 3.05) is 24.2 Å². The van der Waals surface area contributed by atoms with Crippen LogP contribution >= 0.6 is 34.8 Å². The highest BCUT2D eigenvalue weighted by atomic mass is 35.5. The molecule has 0 aromatic heterocycles. The predicted octanol–water partition coefficient (Wildman–Crippen LogP) is 4.80. The third-order valence-corrected chi connectivity index (χ3v) is 7.93. The maximum atomic E-state index is 13.8. The summed E-state index contributed by atoms with van der Waals surface area (Å²) in [4.78, 5) is 28.3. The van der Waals surface area contributed by atoms with Gasteiger partial charge in [-0.3, -0.25) is 13.9 Å². The van der Waals surface area contributed by atoms with Gasteiger partial charge in [0.1, 0.15) is 12.6 Å². The Balaban J connectivity index is 2.05. The maximum absolute atomic E-state index is 13.8. The minimum Gasteiger partial charge on any atom is -0.357 e. The molecule has 0 spiro atoms. The van der Waals surface area contributed by atoms with E-state index in [1.54, 1.807) is 24.3 Å². The van der Waals surface area contributed by atoms with E-state index in [4.69, 9.17) is 34.8 Å². The maximum Gasteiger partial charge on any atom is 0.244 e. The van der Waals surface area contributed by atoms with Gasteiger partial charge in [0.05, 0.1) is 22.0 Å². The second-order valence-electron chi connectivity index (χ2n) is 8.30. The SMILES string of the molecule is CNC(=O)[C@@H](Cc1ccccc1)N(Cc1ccccc1Cl)C(=O)CN(c1ccc(Cl)c(Cl)c1)S(C)(=O)=O. The van der Waals surface area contributed by atoms with E-state index in [0.29, 0.717) is 10.6 Å². The molecule has 0 fully saturated rings. The normalized spacial score (nSPS) is 12.0. The number of nitrogens with one attached hydrogen (secondary N) is 1. The number of carbonyl (C=O) groups is 2. The summed E-state index contributed by atoms with van der Waals surface area (Å²) in [5.74, 6) is -0.995. The van der Waals surface area contributed by atoms with Crippen LogP contribution in [0.3, 0.4) is 0 Å². The van der Waals surface area contributed by atoms with Crippen LogP contribution in [-0.2, 0) is 32.6 Å². The number of rotatable bonds is 10. The average molecular weight is 583 g/mol. The zero-order chi connectivity index (χ0) is 27.2. The Hall–Kier alpha value is -2.78. The van der Waals surface area contributed by atoms with Gasteiger partial charge in [-0.25, -0.2) is 8.42 Å². The third kappa shape index (κ3) is 7.61. The zero-order valence-corrected chi connectivity index (χ0v) is 23.3. The van der Waals surface area contributed by atoms with E-state index in [2.05, 4.69) is 5.32 Å². The summed E-state index contributed by atoms with van der Waals surface area (Å²) >= 11 is 18.5. The molecule has 0 bridgehead atoms. The molecule has 0 saturated heterocycles. The molecule has 0 heterocycles. The van der Waals surface area contributed by atoms with Crippen molar-refractivity contribution in [3.63, 3.8) is 0 Å². The van der Waals surface area contributed by atoms with E-state index in [0.717, 1.165) is 16.1 Å². The second kappa shape index (κ2) is 12.6. The molecule has 0 aliphatic carbocycles. The van der Waals surface area contributed by atoms with E-state index in [9.17, 15) is 18.0 Å². The molecule has 11 heteroatoms. The Morgan fingerprint density at radius 1 is 0.892 bits per heavy atom. The Morgan fingerprint density at radius 2 is 1.54 bits per heavy atom. The first kappa shape index (κ1) is 28.8. The largest absolute Gasteiger partial charge is 0.357 e. The Labute approximate surface area is 232 Å². The Kier molecular flexibility index (Phi) is 9.84. The molecule has 2 amide bonds. The number of benzene rings is 3.